The Kier molecular flexibility index (Phi) is 7.39. The van der Waals surface area contributed by atoms with Crippen molar-refractivity contribution in [2.75, 3.05) is 18.4 Å². The number of anilines is 1. The van der Waals surface area contributed by atoms with E-state index >= 15 is 0 Å². The van der Waals surface area contributed by atoms with E-state index in [0.29, 0.717) is 23.6 Å². The average molecular weight is 518 g/mol. The van der Waals surface area contributed by atoms with E-state index in [4.69, 9.17) is 16.1 Å². The predicted octanol–water partition coefficient (Wildman–Crippen LogP) is 5.29. The van der Waals surface area contributed by atoms with E-state index in [9.17, 15) is 17.6 Å². The van der Waals surface area contributed by atoms with Gasteiger partial charge in [-0.25, -0.2) is 12.8 Å². The number of halogens is 2. The average Bonchev–Trinajstić information content (AvgIpc) is 3.22. The van der Waals surface area contributed by atoms with E-state index in [-0.39, 0.29) is 40.9 Å². The second kappa shape index (κ2) is 10.3. The zero-order valence-electron chi connectivity index (χ0n) is 19.3. The summed E-state index contributed by atoms with van der Waals surface area (Å²) in [5, 5.41) is 7.23. The monoisotopic (exact) mass is 517 g/mol. The Morgan fingerprint density at radius 3 is 2.74 bits per heavy atom. The number of benzene rings is 2. The molecule has 2 heterocycles. The van der Waals surface area contributed by atoms with Gasteiger partial charge in [0.05, 0.1) is 5.92 Å². The number of aryl methyl sites for hydroxylation is 1. The quantitative estimate of drug-likeness (QED) is 0.479. The summed E-state index contributed by atoms with van der Waals surface area (Å²) in [6.45, 7) is 3.63. The first-order valence-corrected chi connectivity index (χ1v) is 13.0. The molecule has 0 spiro atoms. The summed E-state index contributed by atoms with van der Waals surface area (Å²) in [5.41, 5.74) is 1.82. The maximum Gasteiger partial charge on any atom is 0.248 e. The minimum absolute atomic E-state index is 0.00637. The van der Waals surface area contributed by atoms with Gasteiger partial charge in [0.1, 0.15) is 11.5 Å². The Balaban J connectivity index is 1.55. The third-order valence-corrected chi connectivity index (χ3v) is 8.46. The Labute approximate surface area is 208 Å². The van der Waals surface area contributed by atoms with Crippen LogP contribution in [-0.4, -0.2) is 36.9 Å². The van der Waals surface area contributed by atoms with Crippen molar-refractivity contribution >= 4 is 45.4 Å². The molecule has 35 heavy (non-hydrogen) atoms. The Morgan fingerprint density at radius 1 is 1.20 bits per heavy atom. The summed E-state index contributed by atoms with van der Waals surface area (Å²) < 4.78 is 47.6. The Hall–Kier alpha value is -3.01. The molecular formula is C25H25ClFN3O4S. The van der Waals surface area contributed by atoms with Gasteiger partial charge in [0.2, 0.25) is 15.9 Å². The van der Waals surface area contributed by atoms with Gasteiger partial charge in [0, 0.05) is 29.4 Å². The summed E-state index contributed by atoms with van der Waals surface area (Å²) in [6, 6.07) is 11.4. The fourth-order valence-corrected chi connectivity index (χ4v) is 6.00. The highest BCUT2D eigenvalue weighted by Gasteiger charge is 2.37. The van der Waals surface area contributed by atoms with E-state index in [2.05, 4.69) is 10.5 Å². The maximum atomic E-state index is 14.0. The van der Waals surface area contributed by atoms with Crippen molar-refractivity contribution in [3.05, 3.63) is 75.9 Å². The lowest BCUT2D eigenvalue weighted by Gasteiger charge is -2.31. The third kappa shape index (κ3) is 5.32. The molecule has 3 aromatic rings. The molecule has 0 radical (unpaired) electrons. The molecule has 1 amide bonds. The Bertz CT molecular complexity index is 1390. The predicted molar refractivity (Wildman–Crippen MR) is 133 cm³/mol. The second-order valence-electron chi connectivity index (χ2n) is 8.42. The van der Waals surface area contributed by atoms with Crippen LogP contribution in [0.4, 0.5) is 10.1 Å². The van der Waals surface area contributed by atoms with E-state index in [1.54, 1.807) is 43.3 Å². The molecule has 1 saturated heterocycles. The van der Waals surface area contributed by atoms with Gasteiger partial charge in [0.15, 0.2) is 10.7 Å². The number of rotatable bonds is 6. The van der Waals surface area contributed by atoms with Crippen LogP contribution in [-0.2, 0) is 14.8 Å². The van der Waals surface area contributed by atoms with Crippen molar-refractivity contribution < 1.29 is 22.1 Å². The van der Waals surface area contributed by atoms with E-state index in [1.807, 2.05) is 0 Å². The zero-order valence-corrected chi connectivity index (χ0v) is 20.9. The molecule has 1 aliphatic rings. The number of hydrogen-bond acceptors (Lipinski definition) is 5. The molecule has 1 aliphatic heterocycles. The van der Waals surface area contributed by atoms with Crippen molar-refractivity contribution in [3.8, 4) is 0 Å². The van der Waals surface area contributed by atoms with Crippen LogP contribution in [0.2, 0.25) is 5.02 Å². The summed E-state index contributed by atoms with van der Waals surface area (Å²) in [4.78, 5) is 12.9. The molecule has 0 aliphatic carbocycles. The van der Waals surface area contributed by atoms with Crippen molar-refractivity contribution in [2.24, 2.45) is 5.92 Å². The number of hydrogen-bond donors (Lipinski definition) is 1. The molecule has 0 bridgehead atoms. The molecule has 1 atom stereocenters. The fraction of sp³-hybridized carbons (Fsp3) is 0.280. The molecule has 0 saturated carbocycles. The third-order valence-electron chi connectivity index (χ3n) is 6.03. The van der Waals surface area contributed by atoms with Gasteiger partial charge >= 0.3 is 0 Å². The summed E-state index contributed by atoms with van der Waals surface area (Å²) in [6.07, 6.45) is 3.91. The van der Waals surface area contributed by atoms with E-state index in [1.165, 1.54) is 29.4 Å². The topological polar surface area (TPSA) is 92.5 Å². The molecule has 2 aromatic carbocycles. The van der Waals surface area contributed by atoms with Gasteiger partial charge in [-0.3, -0.25) is 4.79 Å². The molecule has 1 N–H and O–H groups in total. The lowest BCUT2D eigenvalue weighted by atomic mass is 9.98. The molecular weight excluding hydrogens is 493 g/mol. The highest BCUT2D eigenvalue weighted by atomic mass is 35.5. The first-order chi connectivity index (χ1) is 16.7. The van der Waals surface area contributed by atoms with Gasteiger partial charge in [-0.05, 0) is 62.6 Å². The normalized spacial score (nSPS) is 17.1. The van der Waals surface area contributed by atoms with Crippen LogP contribution in [0.5, 0.6) is 0 Å². The number of carbonyl (C=O) groups excluding carboxylic acids is 1. The van der Waals surface area contributed by atoms with Gasteiger partial charge in [-0.1, -0.05) is 41.0 Å². The number of nitrogens with zero attached hydrogens (tertiary/aromatic N) is 2. The molecule has 10 heteroatoms. The summed E-state index contributed by atoms with van der Waals surface area (Å²) >= 11 is 6.15. The van der Waals surface area contributed by atoms with Gasteiger partial charge in [-0.2, -0.15) is 4.31 Å². The largest absolute Gasteiger partial charge is 0.355 e. The van der Waals surface area contributed by atoms with Crippen LogP contribution in [0, 0.1) is 25.6 Å². The smallest absolute Gasteiger partial charge is 0.248 e. The van der Waals surface area contributed by atoms with Crippen LogP contribution in [0.15, 0.2) is 51.9 Å². The fourth-order valence-electron chi connectivity index (χ4n) is 4.06. The molecule has 1 aromatic heterocycles. The van der Waals surface area contributed by atoms with Crippen LogP contribution in [0.25, 0.3) is 12.2 Å². The van der Waals surface area contributed by atoms with Crippen molar-refractivity contribution in [1.82, 2.24) is 9.46 Å². The van der Waals surface area contributed by atoms with Crippen LogP contribution in [0.3, 0.4) is 0 Å². The van der Waals surface area contributed by atoms with Crippen LogP contribution in [0.1, 0.15) is 35.4 Å². The highest BCUT2D eigenvalue weighted by molar-refractivity contribution is 7.89. The first-order valence-electron chi connectivity index (χ1n) is 11.1. The summed E-state index contributed by atoms with van der Waals surface area (Å²) in [7, 11) is -4.02. The molecule has 4 rings (SSSR count). The number of amides is 1. The highest BCUT2D eigenvalue weighted by Crippen LogP contribution is 2.30. The number of carbonyl (C=O) groups is 1. The molecule has 1 fully saturated rings. The minimum atomic E-state index is -4.02. The van der Waals surface area contributed by atoms with Gasteiger partial charge in [-0.15, -0.1) is 0 Å². The standard InChI is InChI=1S/C25H25ClFN3O4S/c1-16-20(26)9-5-11-22(16)28-25(31)19-8-6-14-30(15-19)35(32,33)24-17(2)29-34-23(24)13-12-18-7-3-4-10-21(18)27/h3-5,7,9-13,19H,6,8,14-15H2,1-2H3,(H,28,31)/b13-12+/t19-/m1/s1. The zero-order chi connectivity index (χ0) is 25.2. The lowest BCUT2D eigenvalue weighted by molar-refractivity contribution is -0.120. The SMILES string of the molecule is Cc1noc(/C=C/c2ccccc2F)c1S(=O)(=O)N1CCC[C@@H](C(=O)Nc2cccc(Cl)c2C)C1. The van der Waals surface area contributed by atoms with Crippen molar-refractivity contribution in [3.63, 3.8) is 0 Å². The van der Waals surface area contributed by atoms with Crippen molar-refractivity contribution in [1.29, 1.82) is 0 Å². The number of aromatic nitrogens is 1. The van der Waals surface area contributed by atoms with Gasteiger partial charge < -0.3 is 9.84 Å². The minimum Gasteiger partial charge on any atom is -0.355 e. The first kappa shape index (κ1) is 25.1. The number of sulfonamides is 1. The lowest BCUT2D eigenvalue weighted by Crippen LogP contribution is -2.44. The summed E-state index contributed by atoms with van der Waals surface area (Å²) in [5.74, 6) is -1.23. The van der Waals surface area contributed by atoms with Gasteiger partial charge in [0.25, 0.3) is 0 Å². The van der Waals surface area contributed by atoms with Crippen LogP contribution < -0.4 is 5.32 Å². The van der Waals surface area contributed by atoms with E-state index in [0.717, 1.165) is 5.56 Å². The van der Waals surface area contributed by atoms with Crippen molar-refractivity contribution in [2.45, 2.75) is 31.6 Å². The molecule has 0 unspecified atom stereocenters. The molecule has 7 nitrogen and oxygen atoms in total. The van der Waals surface area contributed by atoms with E-state index < -0.39 is 21.8 Å². The molecule has 184 valence electrons. The maximum absolute atomic E-state index is 14.0. The Morgan fingerprint density at radius 2 is 1.97 bits per heavy atom. The second-order valence-corrected chi connectivity index (χ2v) is 10.7. The van der Waals surface area contributed by atoms with Crippen LogP contribution >= 0.6 is 11.6 Å². The number of nitrogens with one attached hydrogen (secondary N) is 1. The number of piperidine rings is 1.